The zero-order valence-electron chi connectivity index (χ0n) is 17.5. The van der Waals surface area contributed by atoms with Crippen LogP contribution >= 0.6 is 11.8 Å². The molecule has 0 spiro atoms. The van der Waals surface area contributed by atoms with E-state index in [1.807, 2.05) is 55.5 Å². The molecule has 0 aromatic heterocycles. The van der Waals surface area contributed by atoms with Crippen LogP contribution in [0.25, 0.3) is 6.08 Å². The smallest absolute Gasteiger partial charge is 0.264 e. The summed E-state index contributed by atoms with van der Waals surface area (Å²) >= 11 is 1.32. The fourth-order valence-electron chi connectivity index (χ4n) is 3.12. The van der Waals surface area contributed by atoms with Crippen LogP contribution < -0.4 is 14.8 Å². The topological polar surface area (TPSA) is 59.9 Å². The van der Waals surface area contributed by atoms with Gasteiger partial charge in [-0.25, -0.2) is 4.99 Å². The number of allylic oxidation sites excluding steroid dienone is 1. The van der Waals surface area contributed by atoms with Gasteiger partial charge < -0.3 is 14.8 Å². The second kappa shape index (κ2) is 10.2. The number of hydrogen-bond acceptors (Lipinski definition) is 5. The maximum absolute atomic E-state index is 12.5. The first-order valence-corrected chi connectivity index (χ1v) is 10.7. The monoisotopic (exact) mass is 422 g/mol. The molecular weight excluding hydrogens is 396 g/mol. The fraction of sp³-hybridized carbons (Fsp3) is 0.250. The number of nitrogens with zero attached hydrogens (tertiary/aromatic N) is 1. The van der Waals surface area contributed by atoms with Crippen molar-refractivity contribution in [2.24, 2.45) is 4.99 Å². The van der Waals surface area contributed by atoms with Gasteiger partial charge in [0.15, 0.2) is 16.7 Å². The van der Waals surface area contributed by atoms with E-state index in [9.17, 15) is 4.79 Å². The molecule has 0 unspecified atom stereocenters. The van der Waals surface area contributed by atoms with Crippen LogP contribution in [0.1, 0.15) is 30.5 Å². The van der Waals surface area contributed by atoms with Crippen LogP contribution in [0.3, 0.4) is 0 Å². The summed E-state index contributed by atoms with van der Waals surface area (Å²) in [6, 6.07) is 11.9. The molecule has 6 heteroatoms. The predicted octanol–water partition coefficient (Wildman–Crippen LogP) is 5.28. The third-order valence-corrected chi connectivity index (χ3v) is 5.46. The Morgan fingerprint density at radius 2 is 1.97 bits per heavy atom. The number of rotatable bonds is 8. The van der Waals surface area contributed by atoms with Crippen molar-refractivity contribution in [2.75, 3.05) is 13.7 Å². The summed E-state index contributed by atoms with van der Waals surface area (Å²) in [5.41, 5.74) is 3.89. The van der Waals surface area contributed by atoms with Crippen LogP contribution in [0.4, 0.5) is 5.69 Å². The predicted molar refractivity (Wildman–Crippen MR) is 125 cm³/mol. The number of hydrogen-bond donors (Lipinski definition) is 1. The number of methoxy groups -OCH3 is 1. The molecule has 156 valence electrons. The molecule has 1 fully saturated rings. The Balaban J connectivity index is 1.89. The minimum Gasteiger partial charge on any atom is -0.493 e. The molecule has 2 aromatic rings. The van der Waals surface area contributed by atoms with E-state index in [0.717, 1.165) is 23.2 Å². The average molecular weight is 423 g/mol. The summed E-state index contributed by atoms with van der Waals surface area (Å²) in [6.07, 6.45) is 5.28. The van der Waals surface area contributed by atoms with E-state index in [0.29, 0.717) is 34.6 Å². The van der Waals surface area contributed by atoms with Crippen molar-refractivity contribution in [1.82, 2.24) is 5.32 Å². The molecule has 3 rings (SSSR count). The number of benzene rings is 2. The van der Waals surface area contributed by atoms with Crippen molar-refractivity contribution < 1.29 is 14.3 Å². The van der Waals surface area contributed by atoms with Gasteiger partial charge in [0.1, 0.15) is 0 Å². The van der Waals surface area contributed by atoms with Crippen molar-refractivity contribution in [2.45, 2.75) is 26.7 Å². The zero-order chi connectivity index (χ0) is 21.5. The van der Waals surface area contributed by atoms with Crippen LogP contribution in [0.5, 0.6) is 11.5 Å². The molecule has 0 aliphatic carbocycles. The second-order valence-corrected chi connectivity index (χ2v) is 7.67. The summed E-state index contributed by atoms with van der Waals surface area (Å²) in [6.45, 7) is 8.37. The number of aliphatic imine (C=N–C) groups is 1. The minimum absolute atomic E-state index is 0.164. The summed E-state index contributed by atoms with van der Waals surface area (Å²) in [7, 11) is 1.62. The van der Waals surface area contributed by atoms with Crippen LogP contribution in [0, 0.1) is 0 Å². The highest BCUT2D eigenvalue weighted by atomic mass is 32.2. The summed E-state index contributed by atoms with van der Waals surface area (Å²) in [5, 5.41) is 3.41. The maximum Gasteiger partial charge on any atom is 0.264 e. The van der Waals surface area contributed by atoms with Crippen molar-refractivity contribution >= 4 is 34.6 Å². The van der Waals surface area contributed by atoms with E-state index in [1.54, 1.807) is 7.11 Å². The van der Waals surface area contributed by atoms with Gasteiger partial charge in [-0.05, 0) is 73.0 Å². The molecule has 0 radical (unpaired) electrons. The highest BCUT2D eigenvalue weighted by Crippen LogP contribution is 2.36. The molecule has 1 heterocycles. The zero-order valence-corrected chi connectivity index (χ0v) is 18.3. The van der Waals surface area contributed by atoms with E-state index in [-0.39, 0.29) is 5.91 Å². The lowest BCUT2D eigenvalue weighted by molar-refractivity contribution is -0.115. The van der Waals surface area contributed by atoms with E-state index >= 15 is 0 Å². The van der Waals surface area contributed by atoms with E-state index in [2.05, 4.69) is 23.8 Å². The molecular formula is C24H26N2O3S. The van der Waals surface area contributed by atoms with Gasteiger partial charge in [0.05, 0.1) is 24.3 Å². The molecule has 1 aliphatic heterocycles. The Kier molecular flexibility index (Phi) is 7.36. The van der Waals surface area contributed by atoms with Gasteiger partial charge in [0, 0.05) is 5.56 Å². The summed E-state index contributed by atoms with van der Waals surface area (Å²) in [5.74, 6) is 1.18. The second-order valence-electron chi connectivity index (χ2n) is 6.64. The first-order chi connectivity index (χ1) is 14.6. The molecule has 30 heavy (non-hydrogen) atoms. The molecule has 1 aliphatic rings. The molecule has 1 saturated heterocycles. The number of amides is 1. The maximum atomic E-state index is 12.5. The SMILES string of the molecule is C=CCc1cc(/C=C2\SC(=Nc3ccc(CC)cc3)NC2=O)cc(OCC)c1OC. The number of aryl methyl sites for hydroxylation is 1. The Labute approximate surface area is 181 Å². The van der Waals surface area contributed by atoms with Gasteiger partial charge in [-0.3, -0.25) is 4.79 Å². The van der Waals surface area contributed by atoms with Gasteiger partial charge in [0.2, 0.25) is 0 Å². The number of nitrogens with one attached hydrogen (secondary N) is 1. The van der Waals surface area contributed by atoms with Crippen molar-refractivity contribution in [3.05, 3.63) is 70.6 Å². The quantitative estimate of drug-likeness (QED) is 0.465. The van der Waals surface area contributed by atoms with Gasteiger partial charge in [-0.1, -0.05) is 25.1 Å². The van der Waals surface area contributed by atoms with Crippen molar-refractivity contribution in [3.8, 4) is 11.5 Å². The Morgan fingerprint density at radius 3 is 2.60 bits per heavy atom. The first-order valence-electron chi connectivity index (χ1n) is 9.91. The fourth-order valence-corrected chi connectivity index (χ4v) is 3.97. The van der Waals surface area contributed by atoms with Crippen LogP contribution in [-0.4, -0.2) is 24.8 Å². The first kappa shape index (κ1) is 21.7. The third-order valence-electron chi connectivity index (χ3n) is 4.55. The molecule has 1 amide bonds. The Morgan fingerprint density at radius 1 is 1.20 bits per heavy atom. The highest BCUT2D eigenvalue weighted by molar-refractivity contribution is 8.18. The standard InChI is InChI=1S/C24H26N2O3S/c1-5-8-18-13-17(14-20(29-7-3)22(18)28-4)15-21-23(27)26-24(30-21)25-19-11-9-16(6-2)10-12-19/h5,9-15H,1,6-8H2,2-4H3,(H,25,26,27)/b21-15-. The van der Waals surface area contributed by atoms with Crippen LogP contribution in [0.2, 0.25) is 0 Å². The van der Waals surface area contributed by atoms with Crippen LogP contribution in [-0.2, 0) is 17.6 Å². The lowest BCUT2D eigenvalue weighted by atomic mass is 10.0. The van der Waals surface area contributed by atoms with Crippen LogP contribution in [0.15, 0.2) is 59.0 Å². The van der Waals surface area contributed by atoms with Gasteiger partial charge >= 0.3 is 0 Å². The largest absolute Gasteiger partial charge is 0.493 e. The lowest BCUT2D eigenvalue weighted by Gasteiger charge is -2.14. The van der Waals surface area contributed by atoms with Crippen molar-refractivity contribution in [3.63, 3.8) is 0 Å². The summed E-state index contributed by atoms with van der Waals surface area (Å²) in [4.78, 5) is 17.6. The van der Waals surface area contributed by atoms with E-state index in [4.69, 9.17) is 9.47 Å². The Hall–Kier alpha value is -2.99. The number of thioether (sulfide) groups is 1. The molecule has 1 N–H and O–H groups in total. The molecule has 2 aromatic carbocycles. The summed E-state index contributed by atoms with van der Waals surface area (Å²) < 4.78 is 11.3. The Bertz CT molecular complexity index is 994. The van der Waals surface area contributed by atoms with E-state index in [1.165, 1.54) is 17.3 Å². The third kappa shape index (κ3) is 5.13. The lowest BCUT2D eigenvalue weighted by Crippen LogP contribution is -2.19. The van der Waals surface area contributed by atoms with Crippen molar-refractivity contribution in [1.29, 1.82) is 0 Å². The van der Waals surface area contributed by atoms with E-state index < -0.39 is 0 Å². The number of amidine groups is 1. The average Bonchev–Trinajstić information content (AvgIpc) is 3.07. The molecule has 0 atom stereocenters. The molecule has 5 nitrogen and oxygen atoms in total. The van der Waals surface area contributed by atoms with Gasteiger partial charge in [0.25, 0.3) is 5.91 Å². The number of ether oxygens (including phenoxy) is 2. The highest BCUT2D eigenvalue weighted by Gasteiger charge is 2.24. The normalized spacial score (nSPS) is 16.0. The minimum atomic E-state index is -0.164. The number of carbonyl (C=O) groups is 1. The molecule has 0 bridgehead atoms. The number of carbonyl (C=O) groups excluding carboxylic acids is 1. The van der Waals surface area contributed by atoms with Gasteiger partial charge in [-0.15, -0.1) is 6.58 Å². The molecule has 0 saturated carbocycles. The van der Waals surface area contributed by atoms with Gasteiger partial charge in [-0.2, -0.15) is 0 Å².